The van der Waals surface area contributed by atoms with Gasteiger partial charge in [0.1, 0.15) is 11.5 Å². The summed E-state index contributed by atoms with van der Waals surface area (Å²) in [5, 5.41) is 7.40. The highest BCUT2D eigenvalue weighted by Crippen LogP contribution is 2.34. The molecule has 3 heterocycles. The van der Waals surface area contributed by atoms with Gasteiger partial charge in [0.25, 0.3) is 5.90 Å². The molecule has 0 spiro atoms. The third-order valence-corrected chi connectivity index (χ3v) is 5.14. The number of aromatic nitrogens is 2. The van der Waals surface area contributed by atoms with Crippen molar-refractivity contribution >= 4 is 28.4 Å². The molecule has 2 aromatic heterocycles. The molecule has 1 N–H and O–H groups in total. The summed E-state index contributed by atoms with van der Waals surface area (Å²) in [7, 11) is 1.84. The van der Waals surface area contributed by atoms with Gasteiger partial charge in [-0.2, -0.15) is 0 Å². The van der Waals surface area contributed by atoms with Crippen molar-refractivity contribution in [3.05, 3.63) is 77.3 Å². The van der Waals surface area contributed by atoms with Gasteiger partial charge in [-0.15, -0.1) is 5.10 Å². The number of rotatable bonds is 3. The Hall–Kier alpha value is -3.38. The zero-order valence-electron chi connectivity index (χ0n) is 15.5. The van der Waals surface area contributed by atoms with Gasteiger partial charge in [-0.1, -0.05) is 29.8 Å². The van der Waals surface area contributed by atoms with Crippen LogP contribution in [0.1, 0.15) is 5.69 Å². The van der Waals surface area contributed by atoms with Crippen LogP contribution >= 0.6 is 11.6 Å². The number of halogens is 2. The minimum atomic E-state index is -0.362. The topological polar surface area (TPSA) is 53.5 Å². The van der Waals surface area contributed by atoms with E-state index in [0.717, 1.165) is 22.0 Å². The molecule has 1 aliphatic heterocycles. The van der Waals surface area contributed by atoms with E-state index >= 15 is 0 Å². The number of pyridine rings is 1. The number of ether oxygens (including phenoxy) is 1. The minimum absolute atomic E-state index is 0.362. The summed E-state index contributed by atoms with van der Waals surface area (Å²) in [4.78, 5) is 7.72. The van der Waals surface area contributed by atoms with E-state index in [1.54, 1.807) is 23.3 Å². The largest absolute Gasteiger partial charge is 0.452 e. The fourth-order valence-electron chi connectivity index (χ4n) is 3.48. The molecule has 5 nitrogen and oxygen atoms in total. The summed E-state index contributed by atoms with van der Waals surface area (Å²) in [6.45, 7) is 0.398. The lowest BCUT2D eigenvalue weighted by Crippen LogP contribution is -2.07. The molecule has 0 amide bonds. The van der Waals surface area contributed by atoms with E-state index in [4.69, 9.17) is 16.3 Å². The Morgan fingerprint density at radius 1 is 1.14 bits per heavy atom. The molecule has 0 saturated carbocycles. The molecule has 5 rings (SSSR count). The van der Waals surface area contributed by atoms with Crippen LogP contribution in [0.2, 0.25) is 5.02 Å². The number of aromatic amines is 1. The van der Waals surface area contributed by atoms with Crippen molar-refractivity contribution in [1.29, 1.82) is 0 Å². The second kappa shape index (κ2) is 6.90. The van der Waals surface area contributed by atoms with E-state index < -0.39 is 0 Å². The molecule has 4 aromatic rings. The van der Waals surface area contributed by atoms with Crippen molar-refractivity contribution < 1.29 is 9.13 Å². The predicted molar refractivity (Wildman–Crippen MR) is 112 cm³/mol. The van der Waals surface area contributed by atoms with Crippen LogP contribution in [0.4, 0.5) is 4.39 Å². The Bertz CT molecular complexity index is 1250. The smallest absolute Gasteiger partial charge is 0.259 e. The summed E-state index contributed by atoms with van der Waals surface area (Å²) in [5.41, 5.74) is 4.45. The number of nitrogens with one attached hydrogen (secondary N) is 1. The Labute approximate surface area is 171 Å². The van der Waals surface area contributed by atoms with Crippen LogP contribution < -0.4 is 0 Å². The first-order valence-electron chi connectivity index (χ1n) is 9.05. The molecule has 0 saturated heterocycles. The summed E-state index contributed by atoms with van der Waals surface area (Å²) in [6, 6.07) is 16.4. The number of hydrogen-bond acceptors (Lipinski definition) is 4. The molecule has 0 unspecified atom stereocenters. The van der Waals surface area contributed by atoms with Gasteiger partial charge in [-0.25, -0.2) is 4.39 Å². The van der Waals surface area contributed by atoms with Gasteiger partial charge in [0, 0.05) is 29.7 Å². The standard InChI is InChI=1S/C22H16ClFN4O/c1-28-12-29-22(27-28)21-15(4-3-9-25-21)13-7-8-18-14(10-13)11-19(26-18)20-16(23)5-2-6-17(20)24/h2-11,26H,12H2,1H3. The Morgan fingerprint density at radius 3 is 2.83 bits per heavy atom. The van der Waals surface area contributed by atoms with Crippen LogP contribution in [0.5, 0.6) is 0 Å². The first-order chi connectivity index (χ1) is 14.1. The van der Waals surface area contributed by atoms with Crippen molar-refractivity contribution in [1.82, 2.24) is 15.0 Å². The number of hydrazone groups is 1. The normalized spacial score (nSPS) is 13.6. The van der Waals surface area contributed by atoms with Crippen molar-refractivity contribution in [3.63, 3.8) is 0 Å². The van der Waals surface area contributed by atoms with Crippen molar-refractivity contribution in [2.75, 3.05) is 13.8 Å². The van der Waals surface area contributed by atoms with Crippen molar-refractivity contribution in [2.24, 2.45) is 5.10 Å². The summed E-state index contributed by atoms with van der Waals surface area (Å²) >= 11 is 6.22. The second-order valence-corrected chi connectivity index (χ2v) is 7.22. The predicted octanol–water partition coefficient (Wildman–Crippen LogP) is 5.27. The summed E-state index contributed by atoms with van der Waals surface area (Å²) < 4.78 is 20.0. The number of hydrogen-bond donors (Lipinski definition) is 1. The molecule has 0 aliphatic carbocycles. The summed E-state index contributed by atoms with van der Waals surface area (Å²) in [6.07, 6.45) is 1.72. The Morgan fingerprint density at radius 2 is 2.03 bits per heavy atom. The molecule has 7 heteroatoms. The minimum Gasteiger partial charge on any atom is -0.452 e. The third-order valence-electron chi connectivity index (χ3n) is 4.82. The number of benzene rings is 2. The fourth-order valence-corrected chi connectivity index (χ4v) is 3.75. The SMILES string of the molecule is CN1COC(c2ncccc2-c2ccc3[nH]c(-c4c(F)cccc4Cl)cc3c2)=N1. The zero-order valence-corrected chi connectivity index (χ0v) is 16.2. The van der Waals surface area contributed by atoms with Gasteiger partial charge in [0.2, 0.25) is 0 Å². The van der Waals surface area contributed by atoms with Crippen LogP contribution in [0.15, 0.2) is 65.9 Å². The number of fused-ring (bicyclic) bond motifs is 1. The highest BCUT2D eigenvalue weighted by atomic mass is 35.5. The van der Waals surface area contributed by atoms with Gasteiger partial charge in [0.15, 0.2) is 6.73 Å². The maximum Gasteiger partial charge on any atom is 0.259 e. The molecule has 144 valence electrons. The zero-order chi connectivity index (χ0) is 20.0. The van der Waals surface area contributed by atoms with Crippen LogP contribution in [0.25, 0.3) is 33.3 Å². The lowest BCUT2D eigenvalue weighted by atomic mass is 10.0. The fraction of sp³-hybridized carbons (Fsp3) is 0.0909. The van der Waals surface area contributed by atoms with Gasteiger partial charge in [-0.05, 0) is 42.0 Å². The van der Waals surface area contributed by atoms with Gasteiger partial charge >= 0.3 is 0 Å². The molecule has 29 heavy (non-hydrogen) atoms. The maximum absolute atomic E-state index is 14.3. The van der Waals surface area contributed by atoms with E-state index in [2.05, 4.69) is 15.1 Å². The third kappa shape index (κ3) is 3.11. The molecule has 0 atom stereocenters. The number of H-pyrrole nitrogens is 1. The lowest BCUT2D eigenvalue weighted by Gasteiger charge is -2.07. The molecule has 2 aromatic carbocycles. The molecule has 0 bridgehead atoms. The molecule has 1 aliphatic rings. The van der Waals surface area contributed by atoms with Crippen LogP contribution in [0.3, 0.4) is 0 Å². The quantitative estimate of drug-likeness (QED) is 0.504. The van der Waals surface area contributed by atoms with E-state index in [0.29, 0.717) is 34.6 Å². The van der Waals surface area contributed by atoms with E-state index in [1.165, 1.54) is 6.07 Å². The average molecular weight is 407 g/mol. The van der Waals surface area contributed by atoms with E-state index in [-0.39, 0.29) is 5.82 Å². The van der Waals surface area contributed by atoms with Crippen LogP contribution in [-0.2, 0) is 4.74 Å². The highest BCUT2D eigenvalue weighted by Gasteiger charge is 2.20. The summed E-state index contributed by atoms with van der Waals surface area (Å²) in [5.74, 6) is 0.135. The average Bonchev–Trinajstić information content (AvgIpc) is 3.33. The van der Waals surface area contributed by atoms with Crippen molar-refractivity contribution in [3.8, 4) is 22.4 Å². The molecule has 0 radical (unpaired) electrons. The Balaban J connectivity index is 1.61. The van der Waals surface area contributed by atoms with Gasteiger partial charge in [0.05, 0.1) is 16.3 Å². The second-order valence-electron chi connectivity index (χ2n) is 6.82. The molecule has 0 fully saturated rings. The monoisotopic (exact) mass is 406 g/mol. The lowest BCUT2D eigenvalue weighted by molar-refractivity contribution is 0.198. The van der Waals surface area contributed by atoms with E-state index in [9.17, 15) is 4.39 Å². The maximum atomic E-state index is 14.3. The van der Waals surface area contributed by atoms with Crippen molar-refractivity contribution in [2.45, 2.75) is 0 Å². The van der Waals surface area contributed by atoms with Gasteiger partial charge < -0.3 is 9.72 Å². The highest BCUT2D eigenvalue weighted by molar-refractivity contribution is 6.33. The Kier molecular flexibility index (Phi) is 4.21. The molecular weight excluding hydrogens is 391 g/mol. The first-order valence-corrected chi connectivity index (χ1v) is 9.43. The van der Waals surface area contributed by atoms with E-state index in [1.807, 2.05) is 43.4 Å². The van der Waals surface area contributed by atoms with Crippen LogP contribution in [-0.4, -0.2) is 34.7 Å². The number of nitrogens with zero attached hydrogens (tertiary/aromatic N) is 3. The first kappa shape index (κ1) is 17.7. The molecular formula is C22H16ClFN4O. The van der Waals surface area contributed by atoms with Crippen LogP contribution in [0, 0.1) is 5.82 Å². The van der Waals surface area contributed by atoms with Gasteiger partial charge in [-0.3, -0.25) is 9.99 Å².